The molecule has 0 aliphatic rings. The molecule has 0 fully saturated rings. The van der Waals surface area contributed by atoms with Gasteiger partial charge in [0.1, 0.15) is 11.6 Å². The monoisotopic (exact) mass is 525 g/mol. The molecule has 7 nitrogen and oxygen atoms in total. The first-order chi connectivity index (χ1) is 17.9. The second kappa shape index (κ2) is 9.86. The van der Waals surface area contributed by atoms with Crippen molar-refractivity contribution in [3.8, 4) is 23.0 Å². The fourth-order valence-corrected chi connectivity index (χ4v) is 4.31. The van der Waals surface area contributed by atoms with Gasteiger partial charge in [0.05, 0.1) is 17.6 Å². The van der Waals surface area contributed by atoms with Gasteiger partial charge in [0, 0.05) is 26.6 Å². The molecule has 5 aromatic rings. The molecule has 37 heavy (non-hydrogen) atoms. The minimum Gasteiger partial charge on any atom is -0.266 e. The van der Waals surface area contributed by atoms with E-state index in [1.807, 2.05) is 25.1 Å². The van der Waals surface area contributed by atoms with E-state index >= 15 is 0 Å². The maximum atomic E-state index is 13.8. The van der Waals surface area contributed by atoms with Crippen LogP contribution in [0.4, 0.5) is 0 Å². The maximum absolute atomic E-state index is 13.8. The molecule has 9 heteroatoms. The van der Waals surface area contributed by atoms with Gasteiger partial charge in [0.25, 0.3) is 11.1 Å². The Hall–Kier alpha value is -4.51. The molecule has 5 rings (SSSR count). The normalized spacial score (nSPS) is 11.2. The number of hydrogen-bond acceptors (Lipinski definition) is 5. The third-order valence-electron chi connectivity index (χ3n) is 5.79. The fourth-order valence-electron chi connectivity index (χ4n) is 3.89. The molecule has 0 bridgehead atoms. The Bertz CT molecular complexity index is 1870. The number of aryl methyl sites for hydroxylation is 1. The molecule has 0 unspecified atom stereocenters. The second-order valence-electron chi connectivity index (χ2n) is 8.19. The van der Waals surface area contributed by atoms with Gasteiger partial charge in [-0.1, -0.05) is 77.3 Å². The van der Waals surface area contributed by atoms with Crippen LogP contribution in [-0.4, -0.2) is 20.7 Å². The number of fused-ring (bicyclic) bond motifs is 1. The summed E-state index contributed by atoms with van der Waals surface area (Å²) < 4.78 is 2.20. The van der Waals surface area contributed by atoms with Crippen molar-refractivity contribution in [3.63, 3.8) is 0 Å². The lowest BCUT2D eigenvalue weighted by molar-refractivity contribution is 0.801. The highest BCUT2D eigenvalue weighted by molar-refractivity contribution is 6.33. The van der Waals surface area contributed by atoms with Crippen LogP contribution in [0, 0.1) is 18.3 Å². The lowest BCUT2D eigenvalue weighted by atomic mass is 10.1. The summed E-state index contributed by atoms with van der Waals surface area (Å²) in [4.78, 5) is 27.1. The number of nitriles is 1. The molecule has 0 spiro atoms. The van der Waals surface area contributed by atoms with Crippen LogP contribution in [0.1, 0.15) is 16.7 Å². The van der Waals surface area contributed by atoms with Crippen molar-refractivity contribution in [3.05, 3.63) is 126 Å². The average molecular weight is 526 g/mol. The smallest absolute Gasteiger partial charge is 0.266 e. The average Bonchev–Trinajstić information content (AvgIpc) is 2.90. The summed E-state index contributed by atoms with van der Waals surface area (Å²) in [5.74, 6) is 0. The van der Waals surface area contributed by atoms with E-state index < -0.39 is 11.1 Å². The predicted molar refractivity (Wildman–Crippen MR) is 146 cm³/mol. The van der Waals surface area contributed by atoms with Gasteiger partial charge in [-0.2, -0.15) is 24.8 Å². The summed E-state index contributed by atoms with van der Waals surface area (Å²) in [6.07, 6.45) is 1.46. The van der Waals surface area contributed by atoms with Gasteiger partial charge in [0.15, 0.2) is 5.52 Å². The van der Waals surface area contributed by atoms with Crippen LogP contribution in [-0.2, 0) is 0 Å². The first-order valence-electron chi connectivity index (χ1n) is 11.1. The van der Waals surface area contributed by atoms with Gasteiger partial charge in [-0.25, -0.2) is 0 Å². The molecule has 0 N–H and O–H groups in total. The van der Waals surface area contributed by atoms with E-state index in [4.69, 9.17) is 23.2 Å². The largest absolute Gasteiger partial charge is 0.299 e. The molecule has 0 aliphatic carbocycles. The summed E-state index contributed by atoms with van der Waals surface area (Å²) in [7, 11) is 0. The zero-order valence-corrected chi connectivity index (χ0v) is 20.9. The summed E-state index contributed by atoms with van der Waals surface area (Å²) >= 11 is 12.7. The first-order valence-corrected chi connectivity index (χ1v) is 11.9. The minimum atomic E-state index is -0.638. The molecule has 180 valence electrons. The van der Waals surface area contributed by atoms with Crippen LogP contribution in [0.3, 0.4) is 0 Å². The zero-order valence-electron chi connectivity index (χ0n) is 19.4. The van der Waals surface area contributed by atoms with Gasteiger partial charge >= 0.3 is 0 Å². The molecule has 0 saturated heterocycles. The summed E-state index contributed by atoms with van der Waals surface area (Å²) in [5.41, 5.74) is 1.21. The van der Waals surface area contributed by atoms with Crippen molar-refractivity contribution in [2.75, 3.05) is 0 Å². The number of rotatable bonds is 4. The summed E-state index contributed by atoms with van der Waals surface area (Å²) in [6, 6.07) is 24.5. The molecule has 3 aromatic carbocycles. The van der Waals surface area contributed by atoms with Crippen molar-refractivity contribution in [2.45, 2.75) is 6.92 Å². The van der Waals surface area contributed by atoms with E-state index in [0.717, 1.165) is 14.9 Å². The van der Waals surface area contributed by atoms with E-state index in [0.29, 0.717) is 26.9 Å². The van der Waals surface area contributed by atoms with Crippen LogP contribution in [0.15, 0.2) is 93.6 Å². The van der Waals surface area contributed by atoms with Crippen LogP contribution in [0.2, 0.25) is 10.0 Å². The van der Waals surface area contributed by atoms with Crippen molar-refractivity contribution in [2.24, 2.45) is 5.10 Å². The van der Waals surface area contributed by atoms with Gasteiger partial charge in [-0.15, -0.1) is 0 Å². The van der Waals surface area contributed by atoms with Crippen LogP contribution in [0.25, 0.3) is 27.8 Å². The maximum Gasteiger partial charge on any atom is 0.299 e. The quantitative estimate of drug-likeness (QED) is 0.286. The van der Waals surface area contributed by atoms with Crippen molar-refractivity contribution < 1.29 is 0 Å². The number of nitrogens with zero attached hydrogens (tertiary/aromatic N) is 5. The van der Waals surface area contributed by atoms with E-state index in [-0.39, 0.29) is 22.2 Å². The second-order valence-corrected chi connectivity index (χ2v) is 9.01. The molecule has 0 atom stereocenters. The molecule has 0 saturated carbocycles. The highest BCUT2D eigenvalue weighted by Gasteiger charge is 2.20. The molecule has 2 heterocycles. The number of hydrogen-bond donors (Lipinski definition) is 0. The van der Waals surface area contributed by atoms with Gasteiger partial charge in [-0.3, -0.25) is 9.59 Å². The number of aromatic nitrogens is 3. The molecular formula is C28H17Cl2N5O2. The van der Waals surface area contributed by atoms with E-state index in [1.54, 1.807) is 60.7 Å². The van der Waals surface area contributed by atoms with E-state index in [2.05, 4.69) is 10.2 Å². The molecule has 0 amide bonds. The van der Waals surface area contributed by atoms with Crippen LogP contribution < -0.4 is 11.1 Å². The SMILES string of the molecule is Cc1ccc(-n2nc3c(=O)n(N=Cc4ccccc4Cl)c(-c4ccccc4Cl)cc3c(C#N)c2=O)cc1. The lowest BCUT2D eigenvalue weighted by Gasteiger charge is -2.13. The Morgan fingerprint density at radius 2 is 1.59 bits per heavy atom. The highest BCUT2D eigenvalue weighted by atomic mass is 35.5. The number of benzene rings is 3. The van der Waals surface area contributed by atoms with Gasteiger partial charge < -0.3 is 0 Å². The Morgan fingerprint density at radius 3 is 2.27 bits per heavy atom. The lowest BCUT2D eigenvalue weighted by Crippen LogP contribution is -2.29. The third-order valence-corrected chi connectivity index (χ3v) is 6.47. The first kappa shape index (κ1) is 24.2. The number of halogens is 2. The van der Waals surface area contributed by atoms with Crippen molar-refractivity contribution in [1.82, 2.24) is 14.5 Å². The standard InChI is InChI=1S/C28H17Cl2N5O2/c1-17-10-12-19(13-11-17)34-27(36)22(15-31)21-14-25(20-7-3-5-9-24(20)30)35(28(37)26(21)33-34)32-16-18-6-2-4-8-23(18)29/h2-14,16H,1H3. The van der Waals surface area contributed by atoms with Gasteiger partial charge in [0.2, 0.25) is 0 Å². The minimum absolute atomic E-state index is 0.0937. The zero-order chi connectivity index (χ0) is 26.1. The Morgan fingerprint density at radius 1 is 0.919 bits per heavy atom. The topological polar surface area (TPSA) is 93.0 Å². The van der Waals surface area contributed by atoms with Crippen LogP contribution in [0.5, 0.6) is 0 Å². The molecule has 0 radical (unpaired) electrons. The van der Waals surface area contributed by atoms with Gasteiger partial charge in [-0.05, 0) is 37.3 Å². The molecular weight excluding hydrogens is 509 g/mol. The Balaban J connectivity index is 1.87. The predicted octanol–water partition coefficient (Wildman–Crippen LogP) is 5.58. The van der Waals surface area contributed by atoms with Crippen molar-refractivity contribution in [1.29, 1.82) is 5.26 Å². The van der Waals surface area contributed by atoms with Crippen LogP contribution >= 0.6 is 23.2 Å². The molecule has 2 aromatic heterocycles. The highest BCUT2D eigenvalue weighted by Crippen LogP contribution is 2.29. The summed E-state index contributed by atoms with van der Waals surface area (Å²) in [6.45, 7) is 1.91. The summed E-state index contributed by atoms with van der Waals surface area (Å²) in [5, 5.41) is 19.6. The molecule has 0 aliphatic heterocycles. The Kier molecular flexibility index (Phi) is 6.45. The van der Waals surface area contributed by atoms with E-state index in [9.17, 15) is 14.9 Å². The number of pyridine rings is 1. The third kappa shape index (κ3) is 4.45. The van der Waals surface area contributed by atoms with Crippen molar-refractivity contribution >= 4 is 40.3 Å². The van der Waals surface area contributed by atoms with E-state index in [1.165, 1.54) is 12.3 Å². The Labute approximate surface area is 221 Å². The fraction of sp³-hybridized carbons (Fsp3) is 0.0357.